The number of hydrogen-bond donors (Lipinski definition) is 0. The maximum atomic E-state index is 13.7. The molecule has 0 aromatic heterocycles. The number of benzene rings is 1. The predicted octanol–water partition coefficient (Wildman–Crippen LogP) is 2.03. The van der Waals surface area contributed by atoms with Gasteiger partial charge in [0, 0.05) is 19.2 Å². The molecule has 1 aromatic carbocycles. The van der Waals surface area contributed by atoms with E-state index >= 15 is 0 Å². The molecule has 0 aliphatic rings. The molecule has 0 radical (unpaired) electrons. The van der Waals surface area contributed by atoms with Gasteiger partial charge >= 0.3 is 0 Å². The molecule has 0 saturated carbocycles. The van der Waals surface area contributed by atoms with Crippen LogP contribution in [-0.2, 0) is 0 Å². The molecule has 1 rings (SSSR count). The molecule has 0 spiro atoms. The zero-order chi connectivity index (χ0) is 12.8. The summed E-state index contributed by atoms with van der Waals surface area (Å²) in [5, 5.41) is 0. The Bertz CT molecular complexity index is 380. The number of aldehydes is 1. The number of nitrogens with zero attached hydrogens (tertiary/aromatic N) is 2. The van der Waals surface area contributed by atoms with Crippen molar-refractivity contribution in [2.24, 2.45) is 0 Å². The maximum Gasteiger partial charge on any atom is 0.150 e. The summed E-state index contributed by atoms with van der Waals surface area (Å²) >= 11 is 0. The number of halogens is 1. The molecule has 0 unspecified atom stereocenters. The Morgan fingerprint density at radius 3 is 2.47 bits per heavy atom. The van der Waals surface area contributed by atoms with Crippen molar-refractivity contribution in [2.45, 2.75) is 6.42 Å². The lowest BCUT2D eigenvalue weighted by Crippen LogP contribution is -2.24. The van der Waals surface area contributed by atoms with E-state index in [1.807, 2.05) is 26.0 Å². The van der Waals surface area contributed by atoms with Crippen molar-refractivity contribution in [1.82, 2.24) is 4.90 Å². The molecule has 17 heavy (non-hydrogen) atoms. The molecule has 94 valence electrons. The van der Waals surface area contributed by atoms with Crippen LogP contribution in [0, 0.1) is 5.82 Å². The van der Waals surface area contributed by atoms with Gasteiger partial charge in [0.1, 0.15) is 12.1 Å². The first-order valence-electron chi connectivity index (χ1n) is 5.65. The summed E-state index contributed by atoms with van der Waals surface area (Å²) in [5.41, 5.74) is 0.905. The third-order valence-corrected chi connectivity index (χ3v) is 2.62. The molecule has 0 aliphatic carbocycles. The van der Waals surface area contributed by atoms with Crippen molar-refractivity contribution >= 4 is 12.0 Å². The molecule has 4 heteroatoms. The van der Waals surface area contributed by atoms with Crippen LogP contribution >= 0.6 is 0 Å². The first-order valence-corrected chi connectivity index (χ1v) is 5.65. The summed E-state index contributed by atoms with van der Waals surface area (Å²) in [5.74, 6) is -0.345. The fourth-order valence-corrected chi connectivity index (χ4v) is 1.65. The summed E-state index contributed by atoms with van der Waals surface area (Å²) in [6.07, 6.45) is 1.62. The highest BCUT2D eigenvalue weighted by atomic mass is 19.1. The summed E-state index contributed by atoms with van der Waals surface area (Å²) in [6.45, 7) is 1.76. The fourth-order valence-electron chi connectivity index (χ4n) is 1.65. The average Bonchev–Trinajstić information content (AvgIpc) is 2.28. The van der Waals surface area contributed by atoms with Crippen LogP contribution in [0.25, 0.3) is 0 Å². The van der Waals surface area contributed by atoms with Crippen LogP contribution in [0.3, 0.4) is 0 Å². The quantitative estimate of drug-likeness (QED) is 0.708. The van der Waals surface area contributed by atoms with Crippen LogP contribution in [0.1, 0.15) is 16.8 Å². The van der Waals surface area contributed by atoms with Gasteiger partial charge in [0.2, 0.25) is 0 Å². The first-order chi connectivity index (χ1) is 8.04. The fraction of sp³-hybridized carbons (Fsp3) is 0.462. The van der Waals surface area contributed by atoms with Crippen LogP contribution in [0.4, 0.5) is 10.1 Å². The van der Waals surface area contributed by atoms with Gasteiger partial charge in [0.25, 0.3) is 0 Å². The molecular weight excluding hydrogens is 219 g/mol. The topological polar surface area (TPSA) is 23.6 Å². The van der Waals surface area contributed by atoms with Gasteiger partial charge in [-0.1, -0.05) is 0 Å². The first kappa shape index (κ1) is 13.6. The molecule has 1 aromatic rings. The monoisotopic (exact) mass is 238 g/mol. The van der Waals surface area contributed by atoms with Crippen LogP contribution in [0.5, 0.6) is 0 Å². The van der Waals surface area contributed by atoms with E-state index in [4.69, 9.17) is 0 Å². The lowest BCUT2D eigenvalue weighted by atomic mass is 10.2. The van der Waals surface area contributed by atoms with Gasteiger partial charge in [-0.25, -0.2) is 4.39 Å². The highest BCUT2D eigenvalue weighted by Crippen LogP contribution is 2.18. The number of anilines is 1. The molecule has 0 fully saturated rings. The molecular formula is C13H19FN2O. The van der Waals surface area contributed by atoms with Crippen molar-refractivity contribution in [1.29, 1.82) is 0 Å². The van der Waals surface area contributed by atoms with Gasteiger partial charge < -0.3 is 9.80 Å². The number of carbonyl (C=O) groups is 1. The van der Waals surface area contributed by atoms with E-state index < -0.39 is 0 Å². The van der Waals surface area contributed by atoms with E-state index in [-0.39, 0.29) is 5.82 Å². The summed E-state index contributed by atoms with van der Waals surface area (Å²) in [6, 6.07) is 4.55. The number of carbonyl (C=O) groups excluding carboxylic acids is 1. The Balaban J connectivity index is 2.62. The van der Waals surface area contributed by atoms with Crippen molar-refractivity contribution in [3.05, 3.63) is 29.6 Å². The van der Waals surface area contributed by atoms with E-state index in [1.54, 1.807) is 12.1 Å². The van der Waals surface area contributed by atoms with Crippen LogP contribution in [0.15, 0.2) is 18.2 Å². The lowest BCUT2D eigenvalue weighted by Gasteiger charge is -2.21. The largest absolute Gasteiger partial charge is 0.372 e. The number of rotatable bonds is 6. The zero-order valence-corrected chi connectivity index (χ0v) is 10.6. The molecule has 0 heterocycles. The molecule has 0 amide bonds. The van der Waals surface area contributed by atoms with Gasteiger partial charge in [-0.15, -0.1) is 0 Å². The van der Waals surface area contributed by atoms with Crippen LogP contribution < -0.4 is 4.90 Å². The Morgan fingerprint density at radius 2 is 1.94 bits per heavy atom. The van der Waals surface area contributed by atoms with E-state index in [2.05, 4.69) is 4.90 Å². The maximum absolute atomic E-state index is 13.7. The van der Waals surface area contributed by atoms with Crippen molar-refractivity contribution in [3.63, 3.8) is 0 Å². The summed E-state index contributed by atoms with van der Waals surface area (Å²) in [7, 11) is 5.88. The summed E-state index contributed by atoms with van der Waals surface area (Å²) in [4.78, 5) is 14.5. The zero-order valence-electron chi connectivity index (χ0n) is 10.6. The normalized spacial score (nSPS) is 10.6. The Kier molecular flexibility index (Phi) is 5.10. The van der Waals surface area contributed by atoms with Crippen molar-refractivity contribution in [2.75, 3.05) is 39.1 Å². The smallest absolute Gasteiger partial charge is 0.150 e. The second kappa shape index (κ2) is 6.35. The minimum atomic E-state index is -0.345. The van der Waals surface area contributed by atoms with Gasteiger partial charge in [0.15, 0.2) is 0 Å². The minimum absolute atomic E-state index is 0.345. The van der Waals surface area contributed by atoms with Crippen LogP contribution in [-0.4, -0.2) is 45.4 Å². The standard InChI is InChI=1S/C13H19FN2O/c1-15(2)7-4-8-16(3)13-6-5-11(10-17)9-12(13)14/h5-6,9-10H,4,7-8H2,1-3H3. The van der Waals surface area contributed by atoms with Gasteiger partial charge in [-0.2, -0.15) is 0 Å². The van der Waals surface area contributed by atoms with E-state index in [1.165, 1.54) is 6.07 Å². The van der Waals surface area contributed by atoms with E-state index in [0.29, 0.717) is 17.5 Å². The van der Waals surface area contributed by atoms with E-state index in [0.717, 1.165) is 19.5 Å². The highest BCUT2D eigenvalue weighted by molar-refractivity contribution is 5.75. The van der Waals surface area contributed by atoms with Gasteiger partial charge in [-0.05, 0) is 45.3 Å². The third kappa shape index (κ3) is 4.15. The summed E-state index contributed by atoms with van der Waals surface area (Å²) < 4.78 is 13.7. The average molecular weight is 238 g/mol. The molecule has 0 N–H and O–H groups in total. The van der Waals surface area contributed by atoms with Crippen LogP contribution in [0.2, 0.25) is 0 Å². The molecule has 3 nitrogen and oxygen atoms in total. The second-order valence-corrected chi connectivity index (χ2v) is 4.41. The SMILES string of the molecule is CN(C)CCCN(C)c1ccc(C=O)cc1F. The molecule has 0 aliphatic heterocycles. The Morgan fingerprint density at radius 1 is 1.24 bits per heavy atom. The molecule has 0 bridgehead atoms. The Labute approximate surface area is 102 Å². The van der Waals surface area contributed by atoms with Gasteiger partial charge in [-0.3, -0.25) is 4.79 Å². The lowest BCUT2D eigenvalue weighted by molar-refractivity contribution is 0.112. The highest BCUT2D eigenvalue weighted by Gasteiger charge is 2.08. The molecule has 0 saturated heterocycles. The third-order valence-electron chi connectivity index (χ3n) is 2.62. The predicted molar refractivity (Wildman–Crippen MR) is 68.2 cm³/mol. The molecule has 0 atom stereocenters. The van der Waals surface area contributed by atoms with Crippen molar-refractivity contribution in [3.8, 4) is 0 Å². The number of hydrogen-bond acceptors (Lipinski definition) is 3. The van der Waals surface area contributed by atoms with E-state index in [9.17, 15) is 9.18 Å². The van der Waals surface area contributed by atoms with Gasteiger partial charge in [0.05, 0.1) is 5.69 Å². The minimum Gasteiger partial charge on any atom is -0.372 e. The Hall–Kier alpha value is -1.42. The van der Waals surface area contributed by atoms with Crippen molar-refractivity contribution < 1.29 is 9.18 Å². The second-order valence-electron chi connectivity index (χ2n) is 4.41.